The van der Waals surface area contributed by atoms with Crippen LogP contribution in [0.3, 0.4) is 0 Å². The Morgan fingerprint density at radius 2 is 2.31 bits per heavy atom. The van der Waals surface area contributed by atoms with Crippen LogP contribution in [0.25, 0.3) is 0 Å². The van der Waals surface area contributed by atoms with Gasteiger partial charge in [0.05, 0.1) is 6.04 Å². The van der Waals surface area contributed by atoms with Crippen molar-refractivity contribution < 1.29 is 0 Å². The van der Waals surface area contributed by atoms with Crippen molar-refractivity contribution >= 4 is 11.8 Å². The SMILES string of the molecule is CCC(NCCC(C)SC)c1nccn1C. The van der Waals surface area contributed by atoms with Gasteiger partial charge in [-0.1, -0.05) is 13.8 Å². The summed E-state index contributed by atoms with van der Waals surface area (Å²) in [5, 5.41) is 4.31. The lowest BCUT2D eigenvalue weighted by molar-refractivity contribution is 0.476. The number of hydrogen-bond acceptors (Lipinski definition) is 3. The summed E-state index contributed by atoms with van der Waals surface area (Å²) in [5.74, 6) is 1.14. The average Bonchev–Trinajstić information content (AvgIpc) is 2.70. The van der Waals surface area contributed by atoms with Crippen LogP contribution < -0.4 is 5.32 Å². The van der Waals surface area contributed by atoms with E-state index in [1.807, 2.05) is 24.2 Å². The van der Waals surface area contributed by atoms with Crippen LogP contribution in [0.2, 0.25) is 0 Å². The fourth-order valence-corrected chi connectivity index (χ4v) is 2.06. The molecular formula is C12H23N3S. The molecule has 16 heavy (non-hydrogen) atoms. The van der Waals surface area contributed by atoms with E-state index in [-0.39, 0.29) is 0 Å². The summed E-state index contributed by atoms with van der Waals surface area (Å²) in [6.07, 6.45) is 8.33. The molecule has 2 unspecified atom stereocenters. The predicted molar refractivity (Wildman–Crippen MR) is 71.8 cm³/mol. The maximum Gasteiger partial charge on any atom is 0.125 e. The van der Waals surface area contributed by atoms with Crippen LogP contribution in [0.15, 0.2) is 12.4 Å². The Bertz CT molecular complexity index is 298. The summed E-state index contributed by atoms with van der Waals surface area (Å²) in [6, 6.07) is 0.383. The molecule has 1 aromatic rings. The summed E-state index contributed by atoms with van der Waals surface area (Å²) in [6.45, 7) is 5.53. The zero-order valence-corrected chi connectivity index (χ0v) is 11.5. The van der Waals surface area contributed by atoms with Gasteiger partial charge in [-0.25, -0.2) is 4.98 Å². The minimum Gasteiger partial charge on any atom is -0.337 e. The molecule has 0 amide bonds. The molecule has 0 radical (unpaired) electrons. The quantitative estimate of drug-likeness (QED) is 0.796. The molecular weight excluding hydrogens is 218 g/mol. The van der Waals surface area contributed by atoms with Gasteiger partial charge >= 0.3 is 0 Å². The fourth-order valence-electron chi connectivity index (χ4n) is 1.71. The highest BCUT2D eigenvalue weighted by Crippen LogP contribution is 2.14. The number of thioether (sulfide) groups is 1. The van der Waals surface area contributed by atoms with Crippen molar-refractivity contribution in [1.29, 1.82) is 0 Å². The first-order valence-electron chi connectivity index (χ1n) is 5.92. The van der Waals surface area contributed by atoms with E-state index in [2.05, 4.69) is 42.0 Å². The van der Waals surface area contributed by atoms with Crippen LogP contribution in [0.4, 0.5) is 0 Å². The summed E-state index contributed by atoms with van der Waals surface area (Å²) in [7, 11) is 2.05. The molecule has 0 fully saturated rings. The largest absolute Gasteiger partial charge is 0.337 e. The van der Waals surface area contributed by atoms with Gasteiger partial charge in [-0.05, 0) is 25.6 Å². The van der Waals surface area contributed by atoms with Gasteiger partial charge in [0.25, 0.3) is 0 Å². The Balaban J connectivity index is 2.41. The first-order chi connectivity index (χ1) is 7.69. The highest BCUT2D eigenvalue weighted by atomic mass is 32.2. The molecule has 1 heterocycles. The minimum atomic E-state index is 0.383. The van der Waals surface area contributed by atoms with E-state index in [0.717, 1.165) is 24.0 Å². The molecule has 0 aromatic carbocycles. The van der Waals surface area contributed by atoms with Crippen LogP contribution in [0, 0.1) is 0 Å². The second kappa shape index (κ2) is 6.97. The molecule has 92 valence electrons. The van der Waals surface area contributed by atoms with E-state index in [9.17, 15) is 0 Å². The van der Waals surface area contributed by atoms with Gasteiger partial charge in [-0.15, -0.1) is 0 Å². The maximum absolute atomic E-state index is 4.40. The average molecular weight is 241 g/mol. The molecule has 2 atom stereocenters. The third-order valence-electron chi connectivity index (χ3n) is 2.92. The van der Waals surface area contributed by atoms with Gasteiger partial charge in [0, 0.05) is 24.7 Å². The highest BCUT2D eigenvalue weighted by molar-refractivity contribution is 7.99. The zero-order chi connectivity index (χ0) is 12.0. The molecule has 0 spiro atoms. The number of aromatic nitrogens is 2. The van der Waals surface area contributed by atoms with Crippen LogP contribution in [0.5, 0.6) is 0 Å². The van der Waals surface area contributed by atoms with E-state index in [1.165, 1.54) is 6.42 Å². The summed E-state index contributed by atoms with van der Waals surface area (Å²) >= 11 is 1.92. The molecule has 3 nitrogen and oxygen atoms in total. The van der Waals surface area contributed by atoms with Crippen molar-refractivity contribution in [3.8, 4) is 0 Å². The zero-order valence-electron chi connectivity index (χ0n) is 10.7. The Morgan fingerprint density at radius 3 is 2.81 bits per heavy atom. The Kier molecular flexibility index (Phi) is 5.91. The molecule has 1 N–H and O–H groups in total. The third-order valence-corrected chi connectivity index (χ3v) is 3.96. The van der Waals surface area contributed by atoms with Crippen LogP contribution >= 0.6 is 11.8 Å². The molecule has 0 saturated heterocycles. The summed E-state index contributed by atoms with van der Waals surface area (Å²) in [4.78, 5) is 4.40. The van der Waals surface area contributed by atoms with Crippen molar-refractivity contribution in [2.75, 3.05) is 12.8 Å². The maximum atomic E-state index is 4.40. The predicted octanol–water partition coefficient (Wildman–Crippen LogP) is 2.60. The van der Waals surface area contributed by atoms with Crippen LogP contribution in [-0.2, 0) is 7.05 Å². The number of aryl methyl sites for hydroxylation is 1. The number of imidazole rings is 1. The van der Waals surface area contributed by atoms with Gasteiger partial charge in [-0.2, -0.15) is 11.8 Å². The van der Waals surface area contributed by atoms with E-state index in [0.29, 0.717) is 6.04 Å². The molecule has 1 aromatic heterocycles. The van der Waals surface area contributed by atoms with Crippen molar-refractivity contribution in [1.82, 2.24) is 14.9 Å². The van der Waals surface area contributed by atoms with E-state index >= 15 is 0 Å². The fraction of sp³-hybridized carbons (Fsp3) is 0.750. The van der Waals surface area contributed by atoms with Gasteiger partial charge in [-0.3, -0.25) is 0 Å². The molecule has 0 saturated carbocycles. The molecule has 0 aliphatic heterocycles. The molecule has 0 aliphatic carbocycles. The number of nitrogens with one attached hydrogen (secondary N) is 1. The number of rotatable bonds is 7. The normalized spacial score (nSPS) is 15.0. The lowest BCUT2D eigenvalue weighted by Gasteiger charge is -2.17. The second-order valence-corrected chi connectivity index (χ2v) is 5.42. The monoisotopic (exact) mass is 241 g/mol. The topological polar surface area (TPSA) is 29.9 Å². The van der Waals surface area contributed by atoms with Gasteiger partial charge in [0.1, 0.15) is 5.82 Å². The van der Waals surface area contributed by atoms with Crippen molar-refractivity contribution in [3.05, 3.63) is 18.2 Å². The van der Waals surface area contributed by atoms with E-state index in [1.54, 1.807) is 0 Å². The van der Waals surface area contributed by atoms with Gasteiger partial charge < -0.3 is 9.88 Å². The van der Waals surface area contributed by atoms with Gasteiger partial charge in [0.2, 0.25) is 0 Å². The smallest absolute Gasteiger partial charge is 0.125 e. The van der Waals surface area contributed by atoms with Crippen molar-refractivity contribution in [3.63, 3.8) is 0 Å². The second-order valence-electron chi connectivity index (χ2n) is 4.15. The Labute approximate surface area is 103 Å². The Morgan fingerprint density at radius 1 is 1.56 bits per heavy atom. The summed E-state index contributed by atoms with van der Waals surface area (Å²) in [5.41, 5.74) is 0. The lowest BCUT2D eigenvalue weighted by atomic mass is 10.2. The van der Waals surface area contributed by atoms with Crippen molar-refractivity contribution in [2.45, 2.75) is 38.0 Å². The van der Waals surface area contributed by atoms with Crippen LogP contribution in [-0.4, -0.2) is 27.6 Å². The molecule has 4 heteroatoms. The number of nitrogens with zero attached hydrogens (tertiary/aromatic N) is 2. The number of hydrogen-bond donors (Lipinski definition) is 1. The first kappa shape index (κ1) is 13.6. The van der Waals surface area contributed by atoms with E-state index < -0.39 is 0 Å². The van der Waals surface area contributed by atoms with Crippen molar-refractivity contribution in [2.24, 2.45) is 7.05 Å². The third kappa shape index (κ3) is 3.83. The lowest BCUT2D eigenvalue weighted by Crippen LogP contribution is -2.25. The first-order valence-corrected chi connectivity index (χ1v) is 7.21. The van der Waals surface area contributed by atoms with E-state index in [4.69, 9.17) is 0 Å². The molecule has 0 bridgehead atoms. The minimum absolute atomic E-state index is 0.383. The van der Waals surface area contributed by atoms with Gasteiger partial charge in [0.15, 0.2) is 0 Å². The summed E-state index contributed by atoms with van der Waals surface area (Å²) < 4.78 is 2.10. The standard InChI is InChI=1S/C12H23N3S/c1-5-11(12-14-8-9-15(12)3)13-7-6-10(2)16-4/h8-11,13H,5-7H2,1-4H3. The molecule has 0 aliphatic rings. The highest BCUT2D eigenvalue weighted by Gasteiger charge is 2.12. The Hall–Kier alpha value is -0.480. The van der Waals surface area contributed by atoms with Crippen LogP contribution in [0.1, 0.15) is 38.6 Å². The molecule has 1 rings (SSSR count).